The van der Waals surface area contributed by atoms with E-state index in [0.717, 1.165) is 16.8 Å². The Balaban J connectivity index is 1.52. The number of benzene rings is 3. The molecule has 0 radical (unpaired) electrons. The number of fused-ring (bicyclic) bond motifs is 1. The Labute approximate surface area is 219 Å². The normalized spacial score (nSPS) is 17.0. The number of rotatable bonds is 8. The van der Waals surface area contributed by atoms with Crippen molar-refractivity contribution in [3.63, 3.8) is 0 Å². The number of carboxylic acids is 1. The first kappa shape index (κ1) is 24.7. The van der Waals surface area contributed by atoms with E-state index in [9.17, 15) is 9.59 Å². The minimum absolute atomic E-state index is 0.0723. The van der Waals surface area contributed by atoms with E-state index < -0.39 is 11.6 Å². The van der Waals surface area contributed by atoms with Gasteiger partial charge < -0.3 is 9.94 Å². The van der Waals surface area contributed by atoms with Crippen LogP contribution in [0.2, 0.25) is 5.02 Å². The molecule has 1 unspecified atom stereocenters. The van der Waals surface area contributed by atoms with Crippen LogP contribution in [-0.4, -0.2) is 26.3 Å². The third-order valence-corrected chi connectivity index (χ3v) is 6.90. The van der Waals surface area contributed by atoms with E-state index in [-0.39, 0.29) is 12.0 Å². The highest BCUT2D eigenvalue weighted by molar-refractivity contribution is 6.30. The van der Waals surface area contributed by atoms with Crippen LogP contribution in [0.15, 0.2) is 82.7 Å². The highest BCUT2D eigenvalue weighted by atomic mass is 35.5. The molecule has 1 N–H and O–H groups in total. The first-order valence-electron chi connectivity index (χ1n) is 12.2. The van der Waals surface area contributed by atoms with Gasteiger partial charge in [0.2, 0.25) is 0 Å². The average Bonchev–Trinajstić information content (AvgIpc) is 3.31. The number of nitrogens with zero attached hydrogens (tertiary/aromatic N) is 3. The Hall–Kier alpha value is -3.97. The van der Waals surface area contributed by atoms with Gasteiger partial charge in [0.05, 0.1) is 22.3 Å². The van der Waals surface area contributed by atoms with Gasteiger partial charge in [0.15, 0.2) is 5.60 Å². The van der Waals surface area contributed by atoms with E-state index >= 15 is 0 Å². The van der Waals surface area contributed by atoms with E-state index in [0.29, 0.717) is 53.1 Å². The molecule has 0 saturated heterocycles. The predicted octanol–water partition coefficient (Wildman–Crippen LogP) is 5.88. The van der Waals surface area contributed by atoms with E-state index in [1.807, 2.05) is 49.4 Å². The average molecular weight is 516 g/mol. The van der Waals surface area contributed by atoms with E-state index in [4.69, 9.17) is 26.5 Å². The lowest BCUT2D eigenvalue weighted by Gasteiger charge is -2.21. The molecule has 0 spiro atoms. The topological polar surface area (TPSA) is 93.8 Å². The van der Waals surface area contributed by atoms with Gasteiger partial charge >= 0.3 is 5.97 Å². The summed E-state index contributed by atoms with van der Waals surface area (Å²) in [4.78, 5) is 35.3. The number of aliphatic carboxylic acids is 1. The maximum absolute atomic E-state index is 13.6. The smallest absolute Gasteiger partial charge is 0.303 e. The summed E-state index contributed by atoms with van der Waals surface area (Å²) in [5.41, 5.74) is 3.16. The lowest BCUT2D eigenvalue weighted by atomic mass is 9.89. The molecule has 7 nitrogen and oxygen atoms in total. The predicted molar refractivity (Wildman–Crippen MR) is 144 cm³/mol. The van der Waals surface area contributed by atoms with Crippen LogP contribution in [0, 0.1) is 0 Å². The van der Waals surface area contributed by atoms with Gasteiger partial charge in [-0.15, -0.1) is 0 Å². The Kier molecular flexibility index (Phi) is 6.80. The standard InChI is InChI=1S/C29H26ClN3O4/c1-29(20-7-3-2-4-8-20)18-25(32-37-29)19-11-16-23-24(17-19)31-26(9-5-6-10-27(34)35)33(28(23)36)22-14-12-21(30)13-15-22/h2-4,7-8,11-17H,5-6,9-10,18H2,1H3,(H,34,35). The highest BCUT2D eigenvalue weighted by Crippen LogP contribution is 2.36. The molecule has 0 amide bonds. The fourth-order valence-corrected chi connectivity index (χ4v) is 4.76. The molecule has 2 heterocycles. The van der Waals surface area contributed by atoms with Crippen LogP contribution in [-0.2, 0) is 21.7 Å². The monoisotopic (exact) mass is 515 g/mol. The second kappa shape index (κ2) is 10.2. The molecule has 0 fully saturated rings. The van der Waals surface area contributed by atoms with Crippen LogP contribution >= 0.6 is 11.6 Å². The zero-order valence-electron chi connectivity index (χ0n) is 20.4. The zero-order chi connectivity index (χ0) is 26.0. The molecular weight excluding hydrogens is 490 g/mol. The molecule has 1 aliphatic rings. The van der Waals surface area contributed by atoms with Crippen LogP contribution in [0.4, 0.5) is 0 Å². The highest BCUT2D eigenvalue weighted by Gasteiger charge is 2.36. The van der Waals surface area contributed by atoms with Gasteiger partial charge in [0, 0.05) is 29.8 Å². The summed E-state index contributed by atoms with van der Waals surface area (Å²) in [7, 11) is 0. The van der Waals surface area contributed by atoms with Gasteiger partial charge in [-0.2, -0.15) is 0 Å². The Morgan fingerprint density at radius 2 is 1.84 bits per heavy atom. The number of hydrogen-bond acceptors (Lipinski definition) is 5. The van der Waals surface area contributed by atoms with E-state index in [2.05, 4.69) is 5.16 Å². The number of unbranched alkanes of at least 4 members (excludes halogenated alkanes) is 1. The van der Waals surface area contributed by atoms with Crippen molar-refractivity contribution in [1.82, 2.24) is 9.55 Å². The first-order valence-corrected chi connectivity index (χ1v) is 12.6. The van der Waals surface area contributed by atoms with Crippen LogP contribution in [0.3, 0.4) is 0 Å². The quantitative estimate of drug-likeness (QED) is 0.296. The van der Waals surface area contributed by atoms with Gasteiger partial charge in [0.1, 0.15) is 5.82 Å². The molecule has 4 aromatic rings. The molecule has 37 heavy (non-hydrogen) atoms. The molecule has 5 rings (SSSR count). The fourth-order valence-electron chi connectivity index (χ4n) is 4.63. The lowest BCUT2D eigenvalue weighted by Crippen LogP contribution is -2.24. The van der Waals surface area contributed by atoms with E-state index in [1.54, 1.807) is 34.9 Å². The number of oxime groups is 1. The summed E-state index contributed by atoms with van der Waals surface area (Å²) in [6.45, 7) is 2.01. The third kappa shape index (κ3) is 5.13. The van der Waals surface area contributed by atoms with E-state index in [1.165, 1.54) is 0 Å². The Bertz CT molecular complexity index is 1550. The molecule has 1 atom stereocenters. The zero-order valence-corrected chi connectivity index (χ0v) is 21.1. The van der Waals surface area contributed by atoms with Crippen molar-refractivity contribution in [3.8, 4) is 5.69 Å². The van der Waals surface area contributed by atoms with Crippen LogP contribution in [0.5, 0.6) is 0 Å². The summed E-state index contributed by atoms with van der Waals surface area (Å²) in [6, 6.07) is 22.5. The lowest BCUT2D eigenvalue weighted by molar-refractivity contribution is -0.137. The molecule has 1 aliphatic heterocycles. The summed E-state index contributed by atoms with van der Waals surface area (Å²) in [5.74, 6) is -0.269. The second-order valence-corrected chi connectivity index (χ2v) is 9.82. The minimum Gasteiger partial charge on any atom is -0.481 e. The van der Waals surface area contributed by atoms with Gasteiger partial charge in [0.25, 0.3) is 5.56 Å². The van der Waals surface area contributed by atoms with Crippen molar-refractivity contribution in [2.75, 3.05) is 0 Å². The van der Waals surface area contributed by atoms with Crippen molar-refractivity contribution in [3.05, 3.63) is 105 Å². The van der Waals surface area contributed by atoms with Crippen molar-refractivity contribution in [2.24, 2.45) is 5.16 Å². The van der Waals surface area contributed by atoms with Crippen LogP contribution in [0.1, 0.15) is 49.6 Å². The molecule has 0 saturated carbocycles. The second-order valence-electron chi connectivity index (χ2n) is 9.38. The van der Waals surface area contributed by atoms with Crippen molar-refractivity contribution < 1.29 is 14.7 Å². The summed E-state index contributed by atoms with van der Waals surface area (Å²) in [6.07, 6.45) is 2.21. The summed E-state index contributed by atoms with van der Waals surface area (Å²) in [5, 5.41) is 14.4. The molecule has 188 valence electrons. The molecule has 1 aromatic heterocycles. The number of halogens is 1. The first-order chi connectivity index (χ1) is 17.8. The Morgan fingerprint density at radius 1 is 1.08 bits per heavy atom. The van der Waals surface area contributed by atoms with Gasteiger partial charge in [-0.05, 0) is 61.7 Å². The number of aromatic nitrogens is 2. The van der Waals surface area contributed by atoms with Gasteiger partial charge in [-0.3, -0.25) is 14.2 Å². The van der Waals surface area contributed by atoms with Crippen molar-refractivity contribution >= 4 is 34.2 Å². The van der Waals surface area contributed by atoms with Crippen LogP contribution < -0.4 is 5.56 Å². The molecule has 0 aliphatic carbocycles. The van der Waals surface area contributed by atoms with Gasteiger partial charge in [-0.1, -0.05) is 53.2 Å². The molecule has 0 bridgehead atoms. The number of aryl methyl sites for hydroxylation is 1. The number of carboxylic acid groups (broad SMARTS) is 1. The maximum atomic E-state index is 13.6. The van der Waals surface area contributed by atoms with Crippen molar-refractivity contribution in [2.45, 2.75) is 44.6 Å². The minimum atomic E-state index is -0.840. The van der Waals surface area contributed by atoms with Gasteiger partial charge in [-0.25, -0.2) is 4.98 Å². The Morgan fingerprint density at radius 3 is 2.57 bits per heavy atom. The maximum Gasteiger partial charge on any atom is 0.303 e. The largest absolute Gasteiger partial charge is 0.481 e. The summed E-state index contributed by atoms with van der Waals surface area (Å²) < 4.78 is 1.59. The molecule has 3 aromatic carbocycles. The third-order valence-electron chi connectivity index (χ3n) is 6.64. The SMILES string of the molecule is CC1(c2ccccc2)CC(c2ccc3c(=O)n(-c4ccc(Cl)cc4)c(CCCCC(=O)O)nc3c2)=NO1. The fraction of sp³-hybridized carbons (Fsp3) is 0.241. The number of carbonyl (C=O) groups is 1. The van der Waals surface area contributed by atoms with Crippen LogP contribution in [0.25, 0.3) is 16.6 Å². The van der Waals surface area contributed by atoms with Crippen molar-refractivity contribution in [1.29, 1.82) is 0 Å². The summed E-state index contributed by atoms with van der Waals surface area (Å²) >= 11 is 6.06. The number of hydrogen-bond donors (Lipinski definition) is 1. The molecular formula is C29H26ClN3O4. The molecule has 8 heteroatoms.